The van der Waals surface area contributed by atoms with Crippen LogP contribution in [0.1, 0.15) is 5.56 Å². The molecule has 0 saturated carbocycles. The zero-order valence-corrected chi connectivity index (χ0v) is 12.8. The molecule has 6 heteroatoms. The zero-order valence-electron chi connectivity index (χ0n) is 11.2. The number of ether oxygens (including phenoxy) is 1. The van der Waals surface area contributed by atoms with Crippen molar-refractivity contribution in [2.75, 3.05) is 11.9 Å². The molecule has 2 aromatic rings. The predicted molar refractivity (Wildman–Crippen MR) is 84.3 cm³/mol. The number of carbonyl (C=O) groups is 1. The van der Waals surface area contributed by atoms with E-state index in [0.29, 0.717) is 16.8 Å². The third-order valence-electron chi connectivity index (χ3n) is 2.79. The lowest BCUT2D eigenvalue weighted by Gasteiger charge is -2.10. The van der Waals surface area contributed by atoms with Crippen molar-refractivity contribution in [2.24, 2.45) is 5.73 Å². The SMILES string of the molecule is NC(=O)COc1ccc(NCc2cccc(Br)c2O)cc1. The van der Waals surface area contributed by atoms with Crippen LogP contribution in [0.15, 0.2) is 46.9 Å². The molecule has 5 nitrogen and oxygen atoms in total. The number of phenols is 1. The molecule has 0 heterocycles. The number of hydrogen-bond donors (Lipinski definition) is 3. The van der Waals surface area contributed by atoms with Crippen LogP contribution in [-0.2, 0) is 11.3 Å². The molecule has 2 aromatic carbocycles. The Morgan fingerprint density at radius 3 is 2.62 bits per heavy atom. The summed E-state index contributed by atoms with van der Waals surface area (Å²) >= 11 is 3.28. The van der Waals surface area contributed by atoms with Gasteiger partial charge in [0, 0.05) is 17.8 Å². The second kappa shape index (κ2) is 6.99. The van der Waals surface area contributed by atoms with E-state index in [-0.39, 0.29) is 12.4 Å². The van der Waals surface area contributed by atoms with Gasteiger partial charge in [-0.15, -0.1) is 0 Å². The zero-order chi connectivity index (χ0) is 15.2. The molecule has 0 unspecified atom stereocenters. The molecular formula is C15H15BrN2O3. The number of carbonyl (C=O) groups excluding carboxylic acids is 1. The topological polar surface area (TPSA) is 84.6 Å². The molecule has 110 valence electrons. The summed E-state index contributed by atoms with van der Waals surface area (Å²) in [6, 6.07) is 12.6. The number of aromatic hydroxyl groups is 1. The Hall–Kier alpha value is -2.21. The summed E-state index contributed by atoms with van der Waals surface area (Å²) in [7, 11) is 0. The highest BCUT2D eigenvalue weighted by Crippen LogP contribution is 2.28. The first kappa shape index (κ1) is 15.2. The van der Waals surface area contributed by atoms with Gasteiger partial charge in [0.05, 0.1) is 4.47 Å². The molecule has 0 aromatic heterocycles. The van der Waals surface area contributed by atoms with E-state index in [1.165, 1.54) is 0 Å². The number of halogens is 1. The molecule has 0 atom stereocenters. The Morgan fingerprint density at radius 1 is 1.24 bits per heavy atom. The van der Waals surface area contributed by atoms with Gasteiger partial charge in [-0.1, -0.05) is 12.1 Å². The van der Waals surface area contributed by atoms with E-state index in [9.17, 15) is 9.90 Å². The lowest BCUT2D eigenvalue weighted by Crippen LogP contribution is -2.19. The molecule has 1 amide bonds. The summed E-state index contributed by atoms with van der Waals surface area (Å²) in [4.78, 5) is 10.6. The highest BCUT2D eigenvalue weighted by molar-refractivity contribution is 9.10. The number of benzene rings is 2. The van der Waals surface area contributed by atoms with Crippen molar-refractivity contribution in [3.63, 3.8) is 0 Å². The van der Waals surface area contributed by atoms with Crippen LogP contribution in [0.4, 0.5) is 5.69 Å². The van der Waals surface area contributed by atoms with E-state index in [4.69, 9.17) is 10.5 Å². The average molecular weight is 351 g/mol. The maximum atomic E-state index is 10.6. The normalized spacial score (nSPS) is 10.1. The number of anilines is 1. The molecule has 2 rings (SSSR count). The van der Waals surface area contributed by atoms with E-state index in [1.807, 2.05) is 24.3 Å². The van der Waals surface area contributed by atoms with E-state index in [1.54, 1.807) is 18.2 Å². The molecule has 0 saturated heterocycles. The van der Waals surface area contributed by atoms with Crippen LogP contribution in [0, 0.1) is 0 Å². The van der Waals surface area contributed by atoms with Gasteiger partial charge in [-0.3, -0.25) is 4.79 Å². The summed E-state index contributed by atoms with van der Waals surface area (Å²) < 4.78 is 5.84. The van der Waals surface area contributed by atoms with Gasteiger partial charge in [0.2, 0.25) is 0 Å². The van der Waals surface area contributed by atoms with Gasteiger partial charge in [0.15, 0.2) is 6.61 Å². The fourth-order valence-electron chi connectivity index (χ4n) is 1.72. The van der Waals surface area contributed by atoms with Gasteiger partial charge in [0.25, 0.3) is 5.91 Å². The van der Waals surface area contributed by atoms with Crippen molar-refractivity contribution < 1.29 is 14.6 Å². The first-order valence-electron chi connectivity index (χ1n) is 6.27. The van der Waals surface area contributed by atoms with Crippen LogP contribution in [0.5, 0.6) is 11.5 Å². The largest absolute Gasteiger partial charge is 0.506 e. The fraction of sp³-hybridized carbons (Fsp3) is 0.133. The minimum absolute atomic E-state index is 0.140. The van der Waals surface area contributed by atoms with Crippen LogP contribution < -0.4 is 15.8 Å². The molecule has 0 radical (unpaired) electrons. The molecule has 0 aliphatic heterocycles. The van der Waals surface area contributed by atoms with Crippen LogP contribution in [-0.4, -0.2) is 17.6 Å². The summed E-state index contributed by atoms with van der Waals surface area (Å²) in [5.41, 5.74) is 6.67. The van der Waals surface area contributed by atoms with Gasteiger partial charge in [0.1, 0.15) is 11.5 Å². The standard InChI is InChI=1S/C15H15BrN2O3/c16-13-3-1-2-10(15(13)20)8-18-11-4-6-12(7-5-11)21-9-14(17)19/h1-7,18,20H,8-9H2,(H2,17,19). The number of phenolic OH excluding ortho intramolecular Hbond substituents is 1. The Bertz CT molecular complexity index is 629. The highest BCUT2D eigenvalue weighted by Gasteiger charge is 2.04. The van der Waals surface area contributed by atoms with Crippen LogP contribution in [0.25, 0.3) is 0 Å². The van der Waals surface area contributed by atoms with Crippen molar-refractivity contribution in [3.05, 3.63) is 52.5 Å². The minimum Gasteiger partial charge on any atom is -0.506 e. The molecule has 0 bridgehead atoms. The molecule has 0 aliphatic carbocycles. The first-order chi connectivity index (χ1) is 10.1. The molecule has 4 N–H and O–H groups in total. The summed E-state index contributed by atoms with van der Waals surface area (Å²) in [6.45, 7) is 0.353. The molecular weight excluding hydrogens is 336 g/mol. The summed E-state index contributed by atoms with van der Waals surface area (Å²) in [6.07, 6.45) is 0. The van der Waals surface area contributed by atoms with Crippen LogP contribution >= 0.6 is 15.9 Å². The van der Waals surface area contributed by atoms with Gasteiger partial charge in [-0.25, -0.2) is 0 Å². The Morgan fingerprint density at radius 2 is 1.95 bits per heavy atom. The van der Waals surface area contributed by atoms with Gasteiger partial charge in [-0.2, -0.15) is 0 Å². The van der Waals surface area contributed by atoms with Crippen molar-refractivity contribution in [1.82, 2.24) is 0 Å². The maximum Gasteiger partial charge on any atom is 0.255 e. The quantitative estimate of drug-likeness (QED) is 0.747. The minimum atomic E-state index is -0.512. The van der Waals surface area contributed by atoms with Gasteiger partial charge < -0.3 is 20.9 Å². The van der Waals surface area contributed by atoms with Crippen molar-refractivity contribution in [1.29, 1.82) is 0 Å². The van der Waals surface area contributed by atoms with Crippen molar-refractivity contribution in [3.8, 4) is 11.5 Å². The van der Waals surface area contributed by atoms with Gasteiger partial charge >= 0.3 is 0 Å². The first-order valence-corrected chi connectivity index (χ1v) is 7.07. The van der Waals surface area contributed by atoms with E-state index >= 15 is 0 Å². The molecule has 0 fully saturated rings. The smallest absolute Gasteiger partial charge is 0.255 e. The second-order valence-corrected chi connectivity index (χ2v) is 5.23. The Kier molecular flexibility index (Phi) is 5.05. The number of rotatable bonds is 6. The Balaban J connectivity index is 1.94. The van der Waals surface area contributed by atoms with Crippen molar-refractivity contribution >= 4 is 27.5 Å². The monoisotopic (exact) mass is 350 g/mol. The van der Waals surface area contributed by atoms with Crippen molar-refractivity contribution in [2.45, 2.75) is 6.54 Å². The summed E-state index contributed by atoms with van der Waals surface area (Å²) in [5.74, 6) is 0.290. The van der Waals surface area contributed by atoms with Gasteiger partial charge in [-0.05, 0) is 46.3 Å². The molecule has 21 heavy (non-hydrogen) atoms. The second-order valence-electron chi connectivity index (χ2n) is 4.38. The maximum absolute atomic E-state index is 10.6. The van der Waals surface area contributed by atoms with E-state index in [0.717, 1.165) is 11.3 Å². The number of nitrogens with two attached hydrogens (primary N) is 1. The highest BCUT2D eigenvalue weighted by atomic mass is 79.9. The lowest BCUT2D eigenvalue weighted by atomic mass is 10.2. The van der Waals surface area contributed by atoms with E-state index < -0.39 is 5.91 Å². The number of nitrogens with one attached hydrogen (secondary N) is 1. The lowest BCUT2D eigenvalue weighted by molar-refractivity contribution is -0.119. The Labute approximate surface area is 130 Å². The number of para-hydroxylation sites is 1. The number of primary amides is 1. The number of hydrogen-bond acceptors (Lipinski definition) is 4. The number of amides is 1. The third-order valence-corrected chi connectivity index (χ3v) is 3.43. The van der Waals surface area contributed by atoms with Crippen LogP contribution in [0.2, 0.25) is 0 Å². The van der Waals surface area contributed by atoms with E-state index in [2.05, 4.69) is 21.2 Å². The third kappa shape index (κ3) is 4.39. The van der Waals surface area contributed by atoms with Crippen LogP contribution in [0.3, 0.4) is 0 Å². The molecule has 0 aliphatic rings. The molecule has 0 spiro atoms. The average Bonchev–Trinajstić information content (AvgIpc) is 2.48. The predicted octanol–water partition coefficient (Wildman–Crippen LogP) is 2.63. The summed E-state index contributed by atoms with van der Waals surface area (Å²) in [5, 5.41) is 13.1. The fourth-order valence-corrected chi connectivity index (χ4v) is 2.13.